The van der Waals surface area contributed by atoms with E-state index < -0.39 is 28.5 Å². The summed E-state index contributed by atoms with van der Waals surface area (Å²) in [4.78, 5) is 28.2. The van der Waals surface area contributed by atoms with Crippen molar-refractivity contribution in [2.75, 3.05) is 17.4 Å². The van der Waals surface area contributed by atoms with E-state index in [1.165, 1.54) is 17.0 Å². The van der Waals surface area contributed by atoms with E-state index in [-0.39, 0.29) is 17.3 Å². The monoisotopic (exact) mass is 555 g/mol. The number of likely N-dealkylation sites (N-methyl/N-ethyl adjacent to an activating group) is 1. The number of carbonyl (C=O) groups excluding carboxylic acids is 2. The van der Waals surface area contributed by atoms with Crippen molar-refractivity contribution in [1.82, 2.24) is 10.2 Å². The predicted octanol–water partition coefficient (Wildman–Crippen LogP) is 5.01. The molecule has 3 aromatic rings. The van der Waals surface area contributed by atoms with Gasteiger partial charge in [0.25, 0.3) is 10.0 Å². The van der Waals surface area contributed by atoms with Crippen molar-refractivity contribution in [3.8, 4) is 0 Å². The Labute approximate surface area is 230 Å². The highest BCUT2D eigenvalue weighted by molar-refractivity contribution is 7.92. The molecule has 3 rings (SSSR count). The second kappa shape index (κ2) is 12.5. The largest absolute Gasteiger partial charge is 0.355 e. The Hall–Kier alpha value is -3.36. The summed E-state index contributed by atoms with van der Waals surface area (Å²) in [5, 5.41) is 3.30. The second-order valence-corrected chi connectivity index (χ2v) is 11.6. The van der Waals surface area contributed by atoms with Crippen molar-refractivity contribution in [2.24, 2.45) is 0 Å². The average molecular weight is 556 g/mol. The van der Waals surface area contributed by atoms with Gasteiger partial charge in [-0.15, -0.1) is 0 Å². The molecule has 0 heterocycles. The molecule has 7 nitrogen and oxygen atoms in total. The minimum absolute atomic E-state index is 0.0813. The standard InChI is InChI=1S/C29H34ClN3O4S/c1-6-31-29(35)23(5)32(18-24-12-14-25(30)15-13-24)28(34)19-33(27-9-7-8-21(3)22(27)4)38(36,37)26-16-10-20(2)11-17-26/h7-17,23H,6,18-19H2,1-5H3,(H,31,35)/t23-/m1/s1. The molecule has 0 saturated carbocycles. The Kier molecular flexibility index (Phi) is 9.57. The number of halogens is 1. The SMILES string of the molecule is CCNC(=O)[C@@H](C)N(Cc1ccc(Cl)cc1)C(=O)CN(c1cccc(C)c1C)S(=O)(=O)c1ccc(C)cc1. The third-order valence-corrected chi connectivity index (χ3v) is 8.54. The molecular weight excluding hydrogens is 522 g/mol. The van der Waals surface area contributed by atoms with Crippen molar-refractivity contribution in [3.05, 3.63) is 94.0 Å². The van der Waals surface area contributed by atoms with Crippen LogP contribution >= 0.6 is 11.6 Å². The van der Waals surface area contributed by atoms with Crippen molar-refractivity contribution < 1.29 is 18.0 Å². The number of nitrogens with one attached hydrogen (secondary N) is 1. The highest BCUT2D eigenvalue weighted by atomic mass is 35.5. The van der Waals surface area contributed by atoms with E-state index in [1.54, 1.807) is 62.4 Å². The molecule has 2 amide bonds. The van der Waals surface area contributed by atoms with Crippen molar-refractivity contribution in [3.63, 3.8) is 0 Å². The van der Waals surface area contributed by atoms with Gasteiger partial charge in [0.1, 0.15) is 12.6 Å². The molecule has 0 fully saturated rings. The number of carbonyl (C=O) groups is 2. The topological polar surface area (TPSA) is 86.8 Å². The maximum atomic E-state index is 13.9. The van der Waals surface area contributed by atoms with Gasteiger partial charge in [-0.3, -0.25) is 13.9 Å². The molecular formula is C29H34ClN3O4S. The third-order valence-electron chi connectivity index (χ3n) is 6.52. The van der Waals surface area contributed by atoms with Crippen LogP contribution < -0.4 is 9.62 Å². The lowest BCUT2D eigenvalue weighted by molar-refractivity contribution is -0.139. The van der Waals surface area contributed by atoms with E-state index in [1.807, 2.05) is 26.8 Å². The highest BCUT2D eigenvalue weighted by Crippen LogP contribution is 2.29. The first-order chi connectivity index (χ1) is 17.9. The van der Waals surface area contributed by atoms with Crippen molar-refractivity contribution in [2.45, 2.75) is 52.1 Å². The lowest BCUT2D eigenvalue weighted by Gasteiger charge is -2.32. The van der Waals surface area contributed by atoms with Crippen LogP contribution in [0, 0.1) is 20.8 Å². The van der Waals surface area contributed by atoms with Gasteiger partial charge in [-0.25, -0.2) is 8.42 Å². The van der Waals surface area contributed by atoms with Gasteiger partial charge in [0, 0.05) is 18.1 Å². The van der Waals surface area contributed by atoms with E-state index >= 15 is 0 Å². The number of hydrogen-bond donors (Lipinski definition) is 1. The fraction of sp³-hybridized carbons (Fsp3) is 0.310. The fourth-order valence-corrected chi connectivity index (χ4v) is 5.65. The lowest BCUT2D eigenvalue weighted by Crippen LogP contribution is -2.51. The zero-order chi connectivity index (χ0) is 28.0. The third kappa shape index (κ3) is 6.74. The minimum Gasteiger partial charge on any atom is -0.355 e. The van der Waals surface area contributed by atoms with Crippen molar-refractivity contribution in [1.29, 1.82) is 0 Å². The number of benzene rings is 3. The van der Waals surface area contributed by atoms with Gasteiger partial charge in [-0.05, 0) is 81.6 Å². The summed E-state index contributed by atoms with van der Waals surface area (Å²) in [6.07, 6.45) is 0. The molecule has 202 valence electrons. The Morgan fingerprint density at radius 3 is 2.18 bits per heavy atom. The van der Waals surface area contributed by atoms with Gasteiger partial charge in [0.2, 0.25) is 11.8 Å². The predicted molar refractivity (Wildman–Crippen MR) is 152 cm³/mol. The minimum atomic E-state index is -4.11. The molecule has 0 unspecified atom stereocenters. The van der Waals surface area contributed by atoms with Crippen LogP contribution in [0.4, 0.5) is 5.69 Å². The summed E-state index contributed by atoms with van der Waals surface area (Å²) in [7, 11) is -4.11. The van der Waals surface area contributed by atoms with Gasteiger partial charge in [0.15, 0.2) is 0 Å². The maximum absolute atomic E-state index is 13.9. The molecule has 0 aliphatic carbocycles. The van der Waals surface area contributed by atoms with Gasteiger partial charge >= 0.3 is 0 Å². The molecule has 9 heteroatoms. The average Bonchev–Trinajstić information content (AvgIpc) is 2.88. The zero-order valence-corrected chi connectivity index (χ0v) is 23.9. The molecule has 0 radical (unpaired) electrons. The van der Waals surface area contributed by atoms with Crippen LogP contribution in [0.15, 0.2) is 71.6 Å². The Bertz CT molecular complexity index is 1390. The number of anilines is 1. The molecule has 38 heavy (non-hydrogen) atoms. The lowest BCUT2D eigenvalue weighted by atomic mass is 10.1. The molecule has 0 saturated heterocycles. The molecule has 0 spiro atoms. The number of nitrogens with zero attached hydrogens (tertiary/aromatic N) is 2. The van der Waals surface area contributed by atoms with Gasteiger partial charge in [0.05, 0.1) is 10.6 Å². The van der Waals surface area contributed by atoms with E-state index in [0.29, 0.717) is 17.3 Å². The van der Waals surface area contributed by atoms with E-state index in [9.17, 15) is 18.0 Å². The Morgan fingerprint density at radius 1 is 0.947 bits per heavy atom. The van der Waals surface area contributed by atoms with Crippen LogP contribution in [0.25, 0.3) is 0 Å². The zero-order valence-electron chi connectivity index (χ0n) is 22.4. The summed E-state index contributed by atoms with van der Waals surface area (Å²) < 4.78 is 29.0. The number of amides is 2. The highest BCUT2D eigenvalue weighted by Gasteiger charge is 2.33. The van der Waals surface area contributed by atoms with E-state index in [2.05, 4.69) is 5.32 Å². The maximum Gasteiger partial charge on any atom is 0.264 e. The molecule has 0 bridgehead atoms. The molecule has 0 aromatic heterocycles. The van der Waals surface area contributed by atoms with Crippen LogP contribution in [0.1, 0.15) is 36.1 Å². The molecule has 3 aromatic carbocycles. The van der Waals surface area contributed by atoms with Crippen LogP contribution in [-0.2, 0) is 26.2 Å². The summed E-state index contributed by atoms with van der Waals surface area (Å²) >= 11 is 6.03. The van der Waals surface area contributed by atoms with Crippen LogP contribution in [0.2, 0.25) is 5.02 Å². The van der Waals surface area contributed by atoms with Crippen molar-refractivity contribution >= 4 is 39.1 Å². The fourth-order valence-electron chi connectivity index (χ4n) is 4.05. The number of sulfonamides is 1. The van der Waals surface area contributed by atoms with Gasteiger partial charge in [-0.2, -0.15) is 0 Å². The number of hydrogen-bond acceptors (Lipinski definition) is 4. The second-order valence-electron chi connectivity index (χ2n) is 9.26. The molecule has 0 aliphatic rings. The van der Waals surface area contributed by atoms with E-state index in [0.717, 1.165) is 26.6 Å². The van der Waals surface area contributed by atoms with Crippen LogP contribution in [0.5, 0.6) is 0 Å². The van der Waals surface area contributed by atoms with Gasteiger partial charge in [-0.1, -0.05) is 53.6 Å². The Balaban J connectivity index is 2.07. The first-order valence-electron chi connectivity index (χ1n) is 12.4. The van der Waals surface area contributed by atoms with E-state index in [4.69, 9.17) is 11.6 Å². The van der Waals surface area contributed by atoms with Crippen LogP contribution in [-0.4, -0.2) is 44.3 Å². The molecule has 1 atom stereocenters. The smallest absolute Gasteiger partial charge is 0.264 e. The number of rotatable bonds is 10. The van der Waals surface area contributed by atoms with Gasteiger partial charge < -0.3 is 10.2 Å². The summed E-state index contributed by atoms with van der Waals surface area (Å²) in [5.74, 6) is -0.829. The Morgan fingerprint density at radius 2 is 1.58 bits per heavy atom. The first-order valence-corrected chi connectivity index (χ1v) is 14.2. The molecule has 1 N–H and O–H groups in total. The normalized spacial score (nSPS) is 12.1. The summed E-state index contributed by atoms with van der Waals surface area (Å²) in [6.45, 7) is 9.07. The summed E-state index contributed by atoms with van der Waals surface area (Å²) in [5.41, 5.74) is 3.74. The molecule has 0 aliphatic heterocycles. The first kappa shape index (κ1) is 29.2. The van der Waals surface area contributed by atoms with Crippen LogP contribution in [0.3, 0.4) is 0 Å². The quantitative estimate of drug-likeness (QED) is 0.381. The number of aryl methyl sites for hydroxylation is 2. The summed E-state index contributed by atoms with van der Waals surface area (Å²) in [6, 6.07) is 18.0.